The lowest BCUT2D eigenvalue weighted by molar-refractivity contribution is -0.384. The molecule has 1 aliphatic heterocycles. The Hall–Kier alpha value is -3.09. The van der Waals surface area contributed by atoms with Crippen molar-refractivity contribution in [1.29, 1.82) is 0 Å². The molecule has 1 aliphatic rings. The van der Waals surface area contributed by atoms with Gasteiger partial charge in [0, 0.05) is 18.6 Å². The number of hydrogen-bond acceptors (Lipinski definition) is 6. The summed E-state index contributed by atoms with van der Waals surface area (Å²) in [7, 11) is 0. The number of benzene rings is 2. The van der Waals surface area contributed by atoms with Crippen molar-refractivity contribution in [1.82, 2.24) is 5.43 Å². The van der Waals surface area contributed by atoms with Gasteiger partial charge in [-0.05, 0) is 30.7 Å². The first-order valence-electron chi connectivity index (χ1n) is 11.4. The average Bonchev–Trinajstić information content (AvgIpc) is 3.23. The van der Waals surface area contributed by atoms with Gasteiger partial charge in [0.1, 0.15) is 5.84 Å². The summed E-state index contributed by atoms with van der Waals surface area (Å²) in [5.41, 5.74) is 5.16. The standard InChI is InChI=1S/C24H33N5O2/c1-2-3-4-5-6-7-8-9-13-16-24-25-27(21-14-11-10-12-15-21)28(26-24)22-17-19-23(20-18-22)29(30)31/h10-12,14-15,17-20H,2-9,13,16H2,1H3,(H,25,26). The van der Waals surface area contributed by atoms with Crippen molar-refractivity contribution in [2.45, 2.75) is 71.1 Å². The Morgan fingerprint density at radius 1 is 0.839 bits per heavy atom. The third kappa shape index (κ3) is 6.70. The Morgan fingerprint density at radius 3 is 2.06 bits per heavy atom. The summed E-state index contributed by atoms with van der Waals surface area (Å²) in [6, 6.07) is 16.4. The van der Waals surface area contributed by atoms with Gasteiger partial charge in [-0.2, -0.15) is 10.2 Å². The molecular weight excluding hydrogens is 390 g/mol. The third-order valence-corrected chi connectivity index (χ3v) is 5.45. The maximum atomic E-state index is 11.0. The maximum absolute atomic E-state index is 11.0. The van der Waals surface area contributed by atoms with E-state index in [1.807, 2.05) is 40.6 Å². The van der Waals surface area contributed by atoms with Gasteiger partial charge in [0.05, 0.1) is 16.3 Å². The van der Waals surface area contributed by atoms with E-state index in [2.05, 4.69) is 12.3 Å². The highest BCUT2D eigenvalue weighted by atomic mass is 16.6. The average molecular weight is 424 g/mol. The molecule has 0 aliphatic carbocycles. The summed E-state index contributed by atoms with van der Waals surface area (Å²) in [5, 5.41) is 19.4. The van der Waals surface area contributed by atoms with Gasteiger partial charge in [-0.15, -0.1) is 5.10 Å². The van der Waals surface area contributed by atoms with Crippen LogP contribution in [0.5, 0.6) is 0 Å². The molecular formula is C24H33N5O2. The molecule has 0 amide bonds. The minimum absolute atomic E-state index is 0.0741. The van der Waals surface area contributed by atoms with Gasteiger partial charge in [0.15, 0.2) is 0 Å². The van der Waals surface area contributed by atoms with Gasteiger partial charge in [0.25, 0.3) is 5.69 Å². The second kappa shape index (κ2) is 11.9. The zero-order chi connectivity index (χ0) is 21.9. The number of unbranched alkanes of at least 4 members (excludes halogenated alkanes) is 8. The van der Waals surface area contributed by atoms with Crippen LogP contribution in [0.4, 0.5) is 17.1 Å². The smallest absolute Gasteiger partial charge is 0.263 e. The van der Waals surface area contributed by atoms with Crippen molar-refractivity contribution in [3.05, 3.63) is 64.7 Å². The molecule has 1 heterocycles. The molecule has 0 unspecified atom stereocenters. The number of anilines is 2. The van der Waals surface area contributed by atoms with Crippen molar-refractivity contribution < 1.29 is 4.92 Å². The molecule has 1 N–H and O–H groups in total. The number of hydrogen-bond donors (Lipinski definition) is 1. The molecule has 0 bridgehead atoms. The topological polar surface area (TPSA) is 74.0 Å². The Kier molecular flexibility index (Phi) is 8.70. The number of nitro benzene ring substituents is 1. The number of hydrazine groups is 2. The Bertz CT molecular complexity index is 839. The maximum Gasteiger partial charge on any atom is 0.269 e. The van der Waals surface area contributed by atoms with E-state index in [0.29, 0.717) is 0 Å². The predicted octanol–water partition coefficient (Wildman–Crippen LogP) is 6.58. The summed E-state index contributed by atoms with van der Waals surface area (Å²) in [5.74, 6) is 0.908. The van der Waals surface area contributed by atoms with Gasteiger partial charge in [-0.1, -0.05) is 76.5 Å². The molecule has 2 aromatic carbocycles. The van der Waals surface area contributed by atoms with Crippen LogP contribution in [0.2, 0.25) is 0 Å². The third-order valence-electron chi connectivity index (χ3n) is 5.45. The fourth-order valence-electron chi connectivity index (χ4n) is 3.68. The first-order valence-corrected chi connectivity index (χ1v) is 11.4. The minimum atomic E-state index is -0.387. The Balaban J connectivity index is 1.55. The lowest BCUT2D eigenvalue weighted by Gasteiger charge is -2.27. The molecule has 7 heteroatoms. The van der Waals surface area contributed by atoms with Crippen LogP contribution < -0.4 is 15.7 Å². The summed E-state index contributed by atoms with van der Waals surface area (Å²) in [6.45, 7) is 2.25. The SMILES string of the molecule is CCCCCCCCCCCC1=NN(c2ccccc2)N(c2ccc([N+](=O)[O-])cc2)N1. The zero-order valence-corrected chi connectivity index (χ0v) is 18.4. The molecule has 0 radical (unpaired) electrons. The van der Waals surface area contributed by atoms with E-state index < -0.39 is 0 Å². The largest absolute Gasteiger partial charge is 0.269 e. The van der Waals surface area contributed by atoms with Crippen LogP contribution in [0.25, 0.3) is 0 Å². The number of nitrogens with one attached hydrogen (secondary N) is 1. The van der Waals surface area contributed by atoms with Crippen LogP contribution in [0.15, 0.2) is 59.7 Å². The zero-order valence-electron chi connectivity index (χ0n) is 18.4. The first kappa shape index (κ1) is 22.6. The molecule has 31 heavy (non-hydrogen) atoms. The molecule has 166 valence electrons. The first-order chi connectivity index (χ1) is 15.2. The van der Waals surface area contributed by atoms with Gasteiger partial charge in [0.2, 0.25) is 0 Å². The number of hydrazone groups is 1. The minimum Gasteiger partial charge on any atom is -0.263 e. The van der Waals surface area contributed by atoms with Crippen molar-refractivity contribution in [3.63, 3.8) is 0 Å². The number of nitro groups is 1. The summed E-state index contributed by atoms with van der Waals surface area (Å²) < 4.78 is 0. The second-order valence-electron chi connectivity index (χ2n) is 7.95. The van der Waals surface area contributed by atoms with E-state index in [9.17, 15) is 10.1 Å². The Labute approximate surface area is 184 Å². The van der Waals surface area contributed by atoms with E-state index in [-0.39, 0.29) is 10.6 Å². The predicted molar refractivity (Wildman–Crippen MR) is 127 cm³/mol. The number of amidine groups is 1. The van der Waals surface area contributed by atoms with E-state index in [0.717, 1.165) is 30.1 Å². The quantitative estimate of drug-likeness (QED) is 0.224. The molecule has 0 aromatic heterocycles. The highest BCUT2D eigenvalue weighted by molar-refractivity contribution is 5.88. The normalized spacial score (nSPS) is 13.3. The molecule has 7 nitrogen and oxygen atoms in total. The second-order valence-corrected chi connectivity index (χ2v) is 7.95. The van der Waals surface area contributed by atoms with Gasteiger partial charge in [-0.3, -0.25) is 15.5 Å². The summed E-state index contributed by atoms with van der Waals surface area (Å²) in [6.07, 6.45) is 12.5. The van der Waals surface area contributed by atoms with Crippen LogP contribution in [0, 0.1) is 10.1 Å². The molecule has 0 saturated carbocycles. The number of nitrogens with zero attached hydrogens (tertiary/aromatic N) is 4. The van der Waals surface area contributed by atoms with Crippen LogP contribution in [0.1, 0.15) is 71.1 Å². The number of rotatable bonds is 13. The molecule has 3 rings (SSSR count). The Morgan fingerprint density at radius 2 is 1.45 bits per heavy atom. The molecule has 0 saturated heterocycles. The highest BCUT2D eigenvalue weighted by Gasteiger charge is 2.25. The van der Waals surface area contributed by atoms with Crippen molar-refractivity contribution >= 4 is 22.9 Å². The van der Waals surface area contributed by atoms with Crippen molar-refractivity contribution in [2.75, 3.05) is 10.2 Å². The monoisotopic (exact) mass is 423 g/mol. The van der Waals surface area contributed by atoms with E-state index in [1.54, 1.807) is 12.1 Å². The van der Waals surface area contributed by atoms with Gasteiger partial charge in [-0.25, -0.2) is 0 Å². The van der Waals surface area contributed by atoms with E-state index in [4.69, 9.17) is 5.10 Å². The van der Waals surface area contributed by atoms with Gasteiger partial charge >= 0.3 is 0 Å². The number of para-hydroxylation sites is 1. The fourth-order valence-corrected chi connectivity index (χ4v) is 3.68. The molecule has 0 spiro atoms. The highest BCUT2D eigenvalue weighted by Crippen LogP contribution is 2.27. The molecule has 0 fully saturated rings. The fraction of sp³-hybridized carbons (Fsp3) is 0.458. The van der Waals surface area contributed by atoms with Crippen LogP contribution in [0.3, 0.4) is 0 Å². The van der Waals surface area contributed by atoms with Crippen LogP contribution in [-0.2, 0) is 0 Å². The number of non-ortho nitro benzene ring substituents is 1. The molecule has 2 aromatic rings. The lowest BCUT2D eigenvalue weighted by Crippen LogP contribution is -2.44. The molecule has 0 atom stereocenters. The van der Waals surface area contributed by atoms with E-state index in [1.165, 1.54) is 63.5 Å². The van der Waals surface area contributed by atoms with Crippen molar-refractivity contribution in [2.24, 2.45) is 5.10 Å². The van der Waals surface area contributed by atoms with Crippen LogP contribution >= 0.6 is 0 Å². The van der Waals surface area contributed by atoms with Crippen molar-refractivity contribution in [3.8, 4) is 0 Å². The lowest BCUT2D eigenvalue weighted by atomic mass is 10.1. The van der Waals surface area contributed by atoms with E-state index >= 15 is 0 Å². The van der Waals surface area contributed by atoms with Gasteiger partial charge < -0.3 is 0 Å². The summed E-state index contributed by atoms with van der Waals surface area (Å²) >= 11 is 0. The van der Waals surface area contributed by atoms with Crippen LogP contribution in [-0.4, -0.2) is 10.8 Å². The summed E-state index contributed by atoms with van der Waals surface area (Å²) in [4.78, 5) is 10.6.